The lowest BCUT2D eigenvalue weighted by atomic mass is 9.90. The first kappa shape index (κ1) is 33.2. The van der Waals surface area contributed by atoms with Crippen molar-refractivity contribution in [2.75, 3.05) is 44.8 Å². The van der Waals surface area contributed by atoms with E-state index in [1.165, 1.54) is 24.3 Å². The molecule has 4 saturated heterocycles. The summed E-state index contributed by atoms with van der Waals surface area (Å²) in [5.41, 5.74) is -0.422. The molecule has 0 amide bonds. The van der Waals surface area contributed by atoms with Crippen molar-refractivity contribution in [1.82, 2.24) is 30.0 Å². The van der Waals surface area contributed by atoms with Crippen LogP contribution in [0.4, 0.5) is 19.0 Å². The van der Waals surface area contributed by atoms with Crippen molar-refractivity contribution in [1.29, 1.82) is 0 Å². The van der Waals surface area contributed by atoms with Crippen LogP contribution in [0.25, 0.3) is 43.7 Å². The number of halogens is 3. The number of aryl methyl sites for hydroxylation is 1. The highest BCUT2D eigenvalue weighted by atomic mass is 19.1. The quantitative estimate of drug-likeness (QED) is 0.209. The van der Waals surface area contributed by atoms with Crippen LogP contribution in [0.5, 0.6) is 11.8 Å². The number of phenols is 1. The van der Waals surface area contributed by atoms with Crippen LogP contribution in [-0.4, -0.2) is 99.0 Å². The molecule has 3 unspecified atom stereocenters. The molecule has 5 atom stereocenters. The van der Waals surface area contributed by atoms with Crippen LogP contribution in [0, 0.1) is 24.0 Å². The van der Waals surface area contributed by atoms with Gasteiger partial charge in [0.2, 0.25) is 0 Å². The smallest absolute Gasteiger partial charge is 0.319 e. The molecule has 2 bridgehead atoms. The highest BCUT2D eigenvalue weighted by Crippen LogP contribution is 2.46. The number of phenolic OH excluding ortho intramolecular Hbond substituents is 1. The molecule has 3 aromatic carbocycles. The van der Waals surface area contributed by atoms with Crippen molar-refractivity contribution in [2.45, 2.75) is 68.4 Å². The molecule has 10 nitrogen and oxygen atoms in total. The van der Waals surface area contributed by atoms with Crippen LogP contribution in [-0.2, 0) is 11.8 Å². The van der Waals surface area contributed by atoms with Gasteiger partial charge in [0.25, 0.3) is 0 Å². The van der Waals surface area contributed by atoms with Crippen LogP contribution in [0.15, 0.2) is 30.5 Å². The fourth-order valence-electron chi connectivity index (χ4n) is 9.62. The topological polar surface area (TPSA) is 101 Å². The first-order chi connectivity index (χ1) is 25.0. The third-order valence-corrected chi connectivity index (χ3v) is 12.1. The van der Waals surface area contributed by atoms with Gasteiger partial charge in [-0.25, -0.2) is 13.2 Å². The van der Waals surface area contributed by atoms with Crippen LogP contribution >= 0.6 is 0 Å². The molecule has 4 aliphatic heterocycles. The maximum absolute atomic E-state index is 17.7. The number of hydrogen-bond donors (Lipinski definition) is 2. The molecule has 2 N–H and O–H groups in total. The fraction of sp³-hybridized carbons (Fsp3) is 0.462. The Morgan fingerprint density at radius 2 is 2.00 bits per heavy atom. The number of benzene rings is 3. The minimum Gasteiger partial charge on any atom is -0.508 e. The minimum atomic E-state index is -0.944. The summed E-state index contributed by atoms with van der Waals surface area (Å²) >= 11 is 0. The van der Waals surface area contributed by atoms with E-state index in [2.05, 4.69) is 28.0 Å². The van der Waals surface area contributed by atoms with Crippen molar-refractivity contribution in [3.63, 3.8) is 0 Å². The lowest BCUT2D eigenvalue weighted by molar-refractivity contribution is 0.0350. The Kier molecular flexibility index (Phi) is 7.63. The largest absolute Gasteiger partial charge is 0.508 e. The van der Waals surface area contributed by atoms with Crippen LogP contribution in [0.3, 0.4) is 0 Å². The summed E-state index contributed by atoms with van der Waals surface area (Å²) in [6, 6.07) is 5.71. The summed E-state index contributed by atoms with van der Waals surface area (Å²) in [5.74, 6) is 1.40. The first-order valence-corrected chi connectivity index (χ1v) is 17.9. The van der Waals surface area contributed by atoms with Gasteiger partial charge in [-0.3, -0.25) is 9.58 Å². The van der Waals surface area contributed by atoms with Crippen molar-refractivity contribution in [3.8, 4) is 35.2 Å². The monoisotopic (exact) mass is 711 g/mol. The summed E-state index contributed by atoms with van der Waals surface area (Å²) in [5, 5.41) is 21.1. The predicted octanol–water partition coefficient (Wildman–Crippen LogP) is 5.60. The number of alkyl halides is 1. The summed E-state index contributed by atoms with van der Waals surface area (Å²) in [6.45, 7) is 4.53. The van der Waals surface area contributed by atoms with Crippen molar-refractivity contribution in [2.24, 2.45) is 7.05 Å². The molecule has 0 spiro atoms. The number of ether oxygens (including phenoxy) is 2. The highest BCUT2D eigenvalue weighted by Gasteiger charge is 2.51. The fourth-order valence-corrected chi connectivity index (χ4v) is 9.62. The molecule has 0 aliphatic carbocycles. The Labute approximate surface area is 298 Å². The van der Waals surface area contributed by atoms with Gasteiger partial charge in [0.05, 0.1) is 28.1 Å². The first-order valence-electron chi connectivity index (χ1n) is 17.9. The van der Waals surface area contributed by atoms with Gasteiger partial charge in [-0.1, -0.05) is 12.0 Å². The van der Waals surface area contributed by atoms with Gasteiger partial charge in [-0.15, -0.1) is 6.42 Å². The second kappa shape index (κ2) is 11.9. The molecule has 4 aliphatic rings. The zero-order chi connectivity index (χ0) is 36.1. The van der Waals surface area contributed by atoms with E-state index in [0.717, 1.165) is 32.2 Å². The molecular formula is C39H40F3N7O3. The third kappa shape index (κ3) is 4.94. The van der Waals surface area contributed by atoms with Gasteiger partial charge in [-0.2, -0.15) is 15.1 Å². The Bertz CT molecular complexity index is 2330. The highest BCUT2D eigenvalue weighted by molar-refractivity contribution is 6.18. The molecule has 0 saturated carbocycles. The molecule has 9 rings (SSSR count). The number of fused-ring (bicyclic) bond motifs is 7. The van der Waals surface area contributed by atoms with Gasteiger partial charge < -0.3 is 24.8 Å². The lowest BCUT2D eigenvalue weighted by Crippen LogP contribution is -2.64. The number of piperazine rings is 1. The summed E-state index contributed by atoms with van der Waals surface area (Å²) in [4.78, 5) is 14.1. The summed E-state index contributed by atoms with van der Waals surface area (Å²) < 4.78 is 61.5. The predicted molar refractivity (Wildman–Crippen MR) is 192 cm³/mol. The average molecular weight is 712 g/mol. The Morgan fingerprint density at radius 3 is 2.81 bits per heavy atom. The van der Waals surface area contributed by atoms with E-state index in [4.69, 9.17) is 31.0 Å². The minimum absolute atomic E-state index is 0.0130. The molecule has 4 fully saturated rings. The maximum atomic E-state index is 17.7. The Hall–Kier alpha value is -4.64. The number of aromatic hydroxyl groups is 1. The van der Waals surface area contributed by atoms with E-state index < -0.39 is 23.3 Å². The normalized spacial score (nSPS) is 26.4. The number of aromatic nitrogens is 4. The molecule has 270 valence electrons. The second-order valence-electron chi connectivity index (χ2n) is 15.1. The van der Waals surface area contributed by atoms with Gasteiger partial charge >= 0.3 is 6.01 Å². The standard InChI is InChI=1S/C39H40F3N7O3/c1-5-26-29(41)8-7-22-13-25(50)14-27(30(22)26)31-33(42)35-32(28-18-47(3)46-34(28)31)36(48-17-24-9-11-39(19-48,45-24)21(2)51-4)44-37(43-35)52-20-38-10-6-12-49(38)16-23(40)15-38/h1,7-8,13-14,18,21,23-24,45,50H,6,9-12,15-17,19-20H2,2-4H3/t21?,23-,24?,38+,39?/m1/s1. The summed E-state index contributed by atoms with van der Waals surface area (Å²) in [6.07, 6.45) is 10.5. The zero-order valence-corrected chi connectivity index (χ0v) is 29.3. The van der Waals surface area contributed by atoms with Crippen LogP contribution in [0.2, 0.25) is 0 Å². The molecule has 5 aromatic rings. The molecular weight excluding hydrogens is 671 g/mol. The summed E-state index contributed by atoms with van der Waals surface area (Å²) in [7, 11) is 3.44. The number of nitrogens with one attached hydrogen (secondary N) is 1. The van der Waals surface area contributed by atoms with E-state index in [-0.39, 0.29) is 69.2 Å². The van der Waals surface area contributed by atoms with Crippen LogP contribution in [0.1, 0.15) is 44.6 Å². The lowest BCUT2D eigenvalue weighted by Gasteiger charge is -2.45. The molecule has 6 heterocycles. The number of rotatable bonds is 7. The number of anilines is 1. The Balaban J connectivity index is 1.30. The van der Waals surface area contributed by atoms with Gasteiger partial charge in [0.15, 0.2) is 5.82 Å². The van der Waals surface area contributed by atoms with E-state index in [0.29, 0.717) is 48.0 Å². The molecule has 2 aromatic heterocycles. The number of terminal acetylenes is 1. The van der Waals surface area contributed by atoms with Crippen molar-refractivity contribution < 1.29 is 27.8 Å². The number of methoxy groups -OCH3 is 1. The second-order valence-corrected chi connectivity index (χ2v) is 15.1. The third-order valence-electron chi connectivity index (χ3n) is 12.1. The van der Waals surface area contributed by atoms with E-state index in [1.807, 2.05) is 0 Å². The Morgan fingerprint density at radius 1 is 1.15 bits per heavy atom. The number of nitrogens with zero attached hydrogens (tertiary/aromatic N) is 6. The van der Waals surface area contributed by atoms with Gasteiger partial charge in [0, 0.05) is 68.8 Å². The molecule has 0 radical (unpaired) electrons. The van der Waals surface area contributed by atoms with E-state index in [9.17, 15) is 9.50 Å². The molecule has 13 heteroatoms. The zero-order valence-electron chi connectivity index (χ0n) is 29.3. The van der Waals surface area contributed by atoms with Crippen molar-refractivity contribution >= 4 is 38.4 Å². The maximum Gasteiger partial charge on any atom is 0.319 e. The van der Waals surface area contributed by atoms with E-state index in [1.54, 1.807) is 25.0 Å². The van der Waals surface area contributed by atoms with Gasteiger partial charge in [-0.05, 0) is 68.3 Å². The van der Waals surface area contributed by atoms with Gasteiger partial charge in [0.1, 0.15) is 41.2 Å². The average Bonchev–Trinajstić information content (AvgIpc) is 3.87. The van der Waals surface area contributed by atoms with Crippen molar-refractivity contribution in [3.05, 3.63) is 47.7 Å². The van der Waals surface area contributed by atoms with Crippen LogP contribution < -0.4 is 15.0 Å². The van der Waals surface area contributed by atoms with E-state index >= 15 is 8.78 Å². The SMILES string of the molecule is C#Cc1c(F)ccc2cc(O)cc(-c3c(F)c4nc(OC[C@@]56CCCN5C[C@H](F)C6)nc(N5CC6CCC(C(C)OC)(C5)N6)c4c4cn(C)nc34)c12. The molecule has 52 heavy (non-hydrogen) atoms. The number of hydrogen-bond acceptors (Lipinski definition) is 9.